The zero-order chi connectivity index (χ0) is 19.8. The Bertz CT molecular complexity index is 822. The van der Waals surface area contributed by atoms with E-state index in [4.69, 9.17) is 14.2 Å². The summed E-state index contributed by atoms with van der Waals surface area (Å²) in [7, 11) is 1.47. The molecule has 1 atom stereocenters. The largest absolute Gasteiger partial charge is 0.482 e. The molecule has 1 heterocycles. The van der Waals surface area contributed by atoms with Gasteiger partial charge in [-0.05, 0) is 21.5 Å². The van der Waals surface area contributed by atoms with Crippen molar-refractivity contribution in [3.05, 3.63) is 62.5 Å². The molecule has 1 aromatic heterocycles. The van der Waals surface area contributed by atoms with Crippen LogP contribution in [-0.2, 0) is 16.1 Å². The lowest BCUT2D eigenvalue weighted by atomic mass is 10.2. The molecule has 0 saturated carbocycles. The van der Waals surface area contributed by atoms with Crippen molar-refractivity contribution in [2.24, 2.45) is 0 Å². The summed E-state index contributed by atoms with van der Waals surface area (Å²) in [4.78, 5) is 24.2. The number of aliphatic hydroxyl groups is 1. The molecule has 2 rings (SSSR count). The van der Waals surface area contributed by atoms with Crippen LogP contribution in [-0.4, -0.2) is 41.3 Å². The second kappa shape index (κ2) is 10.2. The summed E-state index contributed by atoms with van der Waals surface area (Å²) >= 11 is 3.10. The van der Waals surface area contributed by atoms with Crippen molar-refractivity contribution in [1.29, 1.82) is 0 Å². The fourth-order valence-electron chi connectivity index (χ4n) is 2.35. The SMILES string of the molecule is COCOCCC(O)n1cc(Br)c(=O)c(OCc2ccccc2)c1C(=O)O. The standard InChI is InChI=1S/C18H20BrNO7/c1-25-11-26-8-7-14(21)20-9-13(19)16(22)17(15(20)18(23)24)27-10-12-5-3-2-4-6-12/h2-6,9,14,21H,7-8,10-11H2,1H3,(H,23,24). The normalized spacial score (nSPS) is 12.0. The minimum Gasteiger partial charge on any atom is -0.482 e. The molecule has 0 radical (unpaired) electrons. The molecule has 0 aliphatic carbocycles. The average Bonchev–Trinajstić information content (AvgIpc) is 2.66. The van der Waals surface area contributed by atoms with Crippen LogP contribution < -0.4 is 10.2 Å². The van der Waals surface area contributed by atoms with Gasteiger partial charge in [-0.3, -0.25) is 4.79 Å². The zero-order valence-electron chi connectivity index (χ0n) is 14.6. The van der Waals surface area contributed by atoms with Crippen LogP contribution in [0.3, 0.4) is 0 Å². The van der Waals surface area contributed by atoms with Crippen LogP contribution in [0.15, 0.2) is 45.8 Å². The van der Waals surface area contributed by atoms with Crippen LogP contribution >= 0.6 is 15.9 Å². The highest BCUT2D eigenvalue weighted by Gasteiger charge is 2.25. The van der Waals surface area contributed by atoms with Gasteiger partial charge in [-0.15, -0.1) is 0 Å². The first-order valence-corrected chi connectivity index (χ1v) is 8.84. The predicted octanol–water partition coefficient (Wildman–Crippen LogP) is 2.39. The number of nitrogens with zero attached hydrogens (tertiary/aromatic N) is 1. The Morgan fingerprint density at radius 3 is 2.63 bits per heavy atom. The number of rotatable bonds is 10. The van der Waals surface area contributed by atoms with Gasteiger partial charge in [-0.2, -0.15) is 0 Å². The van der Waals surface area contributed by atoms with E-state index >= 15 is 0 Å². The van der Waals surface area contributed by atoms with Gasteiger partial charge in [0.1, 0.15) is 19.6 Å². The molecule has 9 heteroatoms. The number of benzene rings is 1. The molecular formula is C18H20BrNO7. The van der Waals surface area contributed by atoms with Gasteiger partial charge in [-0.25, -0.2) is 4.79 Å². The molecule has 0 amide bonds. The third-order valence-electron chi connectivity index (χ3n) is 3.62. The third kappa shape index (κ3) is 5.64. The second-order valence-electron chi connectivity index (χ2n) is 5.55. The lowest BCUT2D eigenvalue weighted by Gasteiger charge is -2.20. The maximum absolute atomic E-state index is 12.4. The fourth-order valence-corrected chi connectivity index (χ4v) is 2.76. The van der Waals surface area contributed by atoms with E-state index in [1.807, 2.05) is 6.07 Å². The lowest BCUT2D eigenvalue weighted by molar-refractivity contribution is -0.0470. The second-order valence-corrected chi connectivity index (χ2v) is 6.41. The quantitative estimate of drug-likeness (QED) is 0.430. The molecule has 27 heavy (non-hydrogen) atoms. The van der Waals surface area contributed by atoms with Crippen molar-refractivity contribution < 1.29 is 29.2 Å². The first kappa shape index (κ1) is 21.1. The summed E-state index contributed by atoms with van der Waals surface area (Å²) in [6.07, 6.45) is 0.0862. The maximum Gasteiger partial charge on any atom is 0.356 e. The van der Waals surface area contributed by atoms with Crippen LogP contribution in [0.25, 0.3) is 0 Å². The van der Waals surface area contributed by atoms with E-state index in [9.17, 15) is 19.8 Å². The number of methoxy groups -OCH3 is 1. The zero-order valence-corrected chi connectivity index (χ0v) is 16.2. The molecule has 0 spiro atoms. The number of aliphatic hydroxyl groups excluding tert-OH is 1. The Balaban J connectivity index is 2.32. The van der Waals surface area contributed by atoms with E-state index in [0.29, 0.717) is 0 Å². The summed E-state index contributed by atoms with van der Waals surface area (Å²) in [5, 5.41) is 20.0. The summed E-state index contributed by atoms with van der Waals surface area (Å²) in [6, 6.07) is 9.03. The smallest absolute Gasteiger partial charge is 0.356 e. The number of carbonyl (C=O) groups is 1. The van der Waals surface area contributed by atoms with Gasteiger partial charge in [0, 0.05) is 19.7 Å². The molecule has 0 saturated heterocycles. The molecule has 0 fully saturated rings. The van der Waals surface area contributed by atoms with Crippen molar-refractivity contribution in [1.82, 2.24) is 4.57 Å². The van der Waals surface area contributed by atoms with Crippen LogP contribution in [0, 0.1) is 0 Å². The minimum absolute atomic E-state index is 0.0137. The molecule has 146 valence electrons. The Kier molecular flexibility index (Phi) is 7.99. The van der Waals surface area contributed by atoms with E-state index < -0.39 is 23.3 Å². The van der Waals surface area contributed by atoms with Crippen LogP contribution in [0.2, 0.25) is 0 Å². The summed E-state index contributed by atoms with van der Waals surface area (Å²) in [5.41, 5.74) is -0.269. The number of pyridine rings is 1. The lowest BCUT2D eigenvalue weighted by Crippen LogP contribution is -2.25. The molecule has 1 unspecified atom stereocenters. The average molecular weight is 442 g/mol. The Hall–Kier alpha value is -2.20. The number of aromatic nitrogens is 1. The molecule has 2 aromatic rings. The Morgan fingerprint density at radius 1 is 1.30 bits per heavy atom. The number of aromatic carboxylic acids is 1. The number of carboxylic acid groups (broad SMARTS) is 1. The number of ether oxygens (including phenoxy) is 3. The molecule has 0 aliphatic rings. The van der Waals surface area contributed by atoms with Crippen LogP contribution in [0.5, 0.6) is 5.75 Å². The number of carboxylic acids is 1. The van der Waals surface area contributed by atoms with E-state index in [1.54, 1.807) is 24.3 Å². The number of hydrogen-bond donors (Lipinski definition) is 2. The van der Waals surface area contributed by atoms with Crippen LogP contribution in [0.4, 0.5) is 0 Å². The Morgan fingerprint density at radius 2 is 2.00 bits per heavy atom. The first-order chi connectivity index (χ1) is 13.0. The van der Waals surface area contributed by atoms with Gasteiger partial charge in [-0.1, -0.05) is 30.3 Å². The third-order valence-corrected chi connectivity index (χ3v) is 4.18. The number of hydrogen-bond acceptors (Lipinski definition) is 6. The molecule has 2 N–H and O–H groups in total. The van der Waals surface area contributed by atoms with E-state index in [1.165, 1.54) is 13.3 Å². The molecule has 0 aliphatic heterocycles. The van der Waals surface area contributed by atoms with Gasteiger partial charge in [0.2, 0.25) is 5.43 Å². The van der Waals surface area contributed by atoms with E-state index in [2.05, 4.69) is 15.9 Å². The van der Waals surface area contributed by atoms with Crippen molar-refractivity contribution in [3.63, 3.8) is 0 Å². The van der Waals surface area contributed by atoms with Crippen LogP contribution in [0.1, 0.15) is 28.7 Å². The summed E-state index contributed by atoms with van der Waals surface area (Å²) in [5.74, 6) is -1.74. The van der Waals surface area contributed by atoms with Gasteiger partial charge >= 0.3 is 5.97 Å². The van der Waals surface area contributed by atoms with Crippen molar-refractivity contribution >= 4 is 21.9 Å². The molecule has 8 nitrogen and oxygen atoms in total. The van der Waals surface area contributed by atoms with Gasteiger partial charge < -0.3 is 29.0 Å². The monoisotopic (exact) mass is 441 g/mol. The van der Waals surface area contributed by atoms with Crippen molar-refractivity contribution in [2.45, 2.75) is 19.3 Å². The maximum atomic E-state index is 12.4. The Labute approximate surface area is 164 Å². The topological polar surface area (TPSA) is 107 Å². The molecule has 0 bridgehead atoms. The molecule has 1 aromatic carbocycles. The summed E-state index contributed by atoms with van der Waals surface area (Å²) < 4.78 is 16.5. The van der Waals surface area contributed by atoms with Crippen molar-refractivity contribution in [2.75, 3.05) is 20.5 Å². The first-order valence-electron chi connectivity index (χ1n) is 8.05. The number of halogens is 1. The highest BCUT2D eigenvalue weighted by molar-refractivity contribution is 9.10. The van der Waals surface area contributed by atoms with Gasteiger partial charge in [0.05, 0.1) is 11.1 Å². The van der Waals surface area contributed by atoms with Gasteiger partial charge in [0.15, 0.2) is 11.4 Å². The van der Waals surface area contributed by atoms with Crippen molar-refractivity contribution in [3.8, 4) is 5.75 Å². The molecular weight excluding hydrogens is 422 g/mol. The van der Waals surface area contributed by atoms with E-state index in [-0.39, 0.29) is 36.6 Å². The van der Waals surface area contributed by atoms with Gasteiger partial charge in [0.25, 0.3) is 0 Å². The highest BCUT2D eigenvalue weighted by atomic mass is 79.9. The van der Waals surface area contributed by atoms with E-state index in [0.717, 1.165) is 10.1 Å². The predicted molar refractivity (Wildman–Crippen MR) is 99.8 cm³/mol. The minimum atomic E-state index is -1.39. The fraction of sp³-hybridized carbons (Fsp3) is 0.333. The highest BCUT2D eigenvalue weighted by Crippen LogP contribution is 2.23. The summed E-state index contributed by atoms with van der Waals surface area (Å²) in [6.45, 7) is 0.204.